The number of unbranched alkanes of at least 4 members (excludes halogenated alkanes) is 1. The molecular formula is C18H29F3IN3OS. The number of rotatable bonds is 10. The van der Waals surface area contributed by atoms with Crippen molar-refractivity contribution in [2.75, 3.05) is 31.7 Å². The molecule has 0 spiro atoms. The molecule has 0 unspecified atom stereocenters. The number of halogens is 4. The van der Waals surface area contributed by atoms with Crippen LogP contribution in [0.1, 0.15) is 30.9 Å². The predicted octanol–water partition coefficient (Wildman–Crippen LogP) is 4.75. The van der Waals surface area contributed by atoms with Crippen molar-refractivity contribution in [3.05, 3.63) is 29.3 Å². The van der Waals surface area contributed by atoms with Gasteiger partial charge in [-0.25, -0.2) is 4.99 Å². The van der Waals surface area contributed by atoms with Gasteiger partial charge in [-0.3, -0.25) is 0 Å². The van der Waals surface area contributed by atoms with E-state index in [-0.39, 0.29) is 36.3 Å². The highest BCUT2D eigenvalue weighted by Gasteiger charge is 2.28. The second-order valence-corrected chi connectivity index (χ2v) is 6.82. The van der Waals surface area contributed by atoms with Gasteiger partial charge in [0, 0.05) is 18.7 Å². The van der Waals surface area contributed by atoms with Crippen LogP contribution in [0.25, 0.3) is 0 Å². The van der Waals surface area contributed by atoms with Crippen molar-refractivity contribution in [1.82, 2.24) is 10.6 Å². The van der Waals surface area contributed by atoms with Gasteiger partial charge in [-0.2, -0.15) is 24.9 Å². The molecule has 27 heavy (non-hydrogen) atoms. The monoisotopic (exact) mass is 519 g/mol. The lowest BCUT2D eigenvalue weighted by molar-refractivity contribution is -0.153. The molecule has 0 aromatic heterocycles. The van der Waals surface area contributed by atoms with Crippen LogP contribution in [-0.4, -0.2) is 43.8 Å². The number of aliphatic imine (C=N–C) groups is 1. The van der Waals surface area contributed by atoms with Crippen molar-refractivity contribution in [1.29, 1.82) is 0 Å². The lowest BCUT2D eigenvalue weighted by atomic mass is 10.1. The highest BCUT2D eigenvalue weighted by atomic mass is 127. The van der Waals surface area contributed by atoms with E-state index in [1.807, 2.05) is 31.7 Å². The molecule has 156 valence electrons. The molecule has 0 bridgehead atoms. The molecule has 0 atom stereocenters. The Balaban J connectivity index is 0.00000676. The maximum Gasteiger partial charge on any atom is 0.422 e. The first-order valence-electron chi connectivity index (χ1n) is 8.66. The second kappa shape index (κ2) is 14.2. The van der Waals surface area contributed by atoms with Gasteiger partial charge in [0.05, 0.1) is 6.54 Å². The summed E-state index contributed by atoms with van der Waals surface area (Å²) in [5.41, 5.74) is 1.47. The first-order chi connectivity index (χ1) is 12.4. The largest absolute Gasteiger partial charge is 0.484 e. The van der Waals surface area contributed by atoms with Crippen molar-refractivity contribution in [3.63, 3.8) is 0 Å². The molecule has 1 rings (SSSR count). The predicted molar refractivity (Wildman–Crippen MR) is 119 cm³/mol. The third-order valence-corrected chi connectivity index (χ3v) is 4.13. The molecule has 0 heterocycles. The molecule has 0 fully saturated rings. The van der Waals surface area contributed by atoms with Gasteiger partial charge < -0.3 is 15.4 Å². The maximum atomic E-state index is 12.4. The van der Waals surface area contributed by atoms with Crippen LogP contribution in [0.2, 0.25) is 0 Å². The lowest BCUT2D eigenvalue weighted by Gasteiger charge is -2.14. The number of nitrogens with zero attached hydrogens (tertiary/aromatic N) is 1. The van der Waals surface area contributed by atoms with E-state index in [2.05, 4.69) is 21.9 Å². The molecule has 4 nitrogen and oxygen atoms in total. The fourth-order valence-electron chi connectivity index (χ4n) is 2.17. The Morgan fingerprint density at radius 2 is 1.96 bits per heavy atom. The Hall–Kier alpha value is -0.840. The van der Waals surface area contributed by atoms with Gasteiger partial charge in [-0.1, -0.05) is 12.1 Å². The first kappa shape index (κ1) is 26.2. The van der Waals surface area contributed by atoms with Gasteiger partial charge in [-0.15, -0.1) is 24.0 Å². The number of hydrogen-bond donors (Lipinski definition) is 2. The summed E-state index contributed by atoms with van der Waals surface area (Å²) in [4.78, 5) is 4.46. The number of aryl methyl sites for hydroxylation is 1. The van der Waals surface area contributed by atoms with Gasteiger partial charge >= 0.3 is 6.18 Å². The van der Waals surface area contributed by atoms with E-state index in [1.54, 1.807) is 12.1 Å². The van der Waals surface area contributed by atoms with Crippen molar-refractivity contribution < 1.29 is 17.9 Å². The summed E-state index contributed by atoms with van der Waals surface area (Å²) < 4.78 is 42.3. The third-order valence-electron chi connectivity index (χ3n) is 3.43. The molecule has 0 aliphatic rings. The zero-order valence-electron chi connectivity index (χ0n) is 16.0. The number of hydrogen-bond acceptors (Lipinski definition) is 3. The van der Waals surface area contributed by atoms with E-state index in [0.717, 1.165) is 30.7 Å². The van der Waals surface area contributed by atoms with Crippen LogP contribution in [0, 0.1) is 6.92 Å². The van der Waals surface area contributed by atoms with Crippen molar-refractivity contribution in [2.24, 2.45) is 4.99 Å². The number of guanidine groups is 1. The summed E-state index contributed by atoms with van der Waals surface area (Å²) in [5.74, 6) is 2.00. The van der Waals surface area contributed by atoms with E-state index < -0.39 is 12.8 Å². The molecule has 2 N–H and O–H groups in total. The van der Waals surface area contributed by atoms with E-state index in [0.29, 0.717) is 18.1 Å². The highest BCUT2D eigenvalue weighted by molar-refractivity contribution is 14.0. The quantitative estimate of drug-likeness (QED) is 0.203. The number of ether oxygens (including phenoxy) is 1. The standard InChI is InChI=1S/C18H28F3N3OS.HI/c1-4-22-17(23-9-5-6-10-26-3)24-12-15-8-7-14(2)11-16(15)25-13-18(19,20)21;/h7-8,11H,4-6,9-10,12-13H2,1-3H3,(H2,22,23,24);1H. The summed E-state index contributed by atoms with van der Waals surface area (Å²) >= 11 is 1.82. The molecule has 0 saturated carbocycles. The van der Waals surface area contributed by atoms with Gasteiger partial charge in [-0.05, 0) is 50.3 Å². The number of thioether (sulfide) groups is 1. The van der Waals surface area contributed by atoms with Crippen LogP contribution in [-0.2, 0) is 6.54 Å². The maximum absolute atomic E-state index is 12.4. The molecule has 9 heteroatoms. The van der Waals surface area contributed by atoms with Crippen LogP contribution in [0.5, 0.6) is 5.75 Å². The van der Waals surface area contributed by atoms with E-state index in [4.69, 9.17) is 4.74 Å². The Morgan fingerprint density at radius 1 is 1.22 bits per heavy atom. The van der Waals surface area contributed by atoms with Crippen LogP contribution in [0.3, 0.4) is 0 Å². The third kappa shape index (κ3) is 12.3. The Labute approximate surface area is 181 Å². The molecule has 1 aromatic carbocycles. The summed E-state index contributed by atoms with van der Waals surface area (Å²) in [7, 11) is 0. The molecule has 0 aliphatic carbocycles. The fraction of sp³-hybridized carbons (Fsp3) is 0.611. The SMILES string of the molecule is CCNC(=NCc1ccc(C)cc1OCC(F)(F)F)NCCCCSC.I. The minimum absolute atomic E-state index is 0. The van der Waals surface area contributed by atoms with E-state index in [1.165, 1.54) is 0 Å². The number of nitrogens with one attached hydrogen (secondary N) is 2. The number of alkyl halides is 3. The summed E-state index contributed by atoms with van der Waals surface area (Å²) in [6.45, 7) is 4.23. The van der Waals surface area contributed by atoms with Crippen LogP contribution < -0.4 is 15.4 Å². The second-order valence-electron chi connectivity index (χ2n) is 5.84. The fourth-order valence-corrected chi connectivity index (χ4v) is 2.66. The molecule has 0 radical (unpaired) electrons. The van der Waals surface area contributed by atoms with Crippen LogP contribution >= 0.6 is 35.7 Å². The average Bonchev–Trinajstić information content (AvgIpc) is 2.58. The summed E-state index contributed by atoms with van der Waals surface area (Å²) in [6.07, 6.45) is -0.118. The Morgan fingerprint density at radius 3 is 2.59 bits per heavy atom. The molecule has 1 aromatic rings. The van der Waals surface area contributed by atoms with Crippen LogP contribution in [0.4, 0.5) is 13.2 Å². The highest BCUT2D eigenvalue weighted by Crippen LogP contribution is 2.24. The van der Waals surface area contributed by atoms with E-state index >= 15 is 0 Å². The normalized spacial score (nSPS) is 11.7. The van der Waals surface area contributed by atoms with Gasteiger partial charge in [0.1, 0.15) is 5.75 Å². The zero-order valence-corrected chi connectivity index (χ0v) is 19.1. The molecule has 0 aliphatic heterocycles. The van der Waals surface area contributed by atoms with Gasteiger partial charge in [0.2, 0.25) is 0 Å². The minimum atomic E-state index is -4.36. The molecular weight excluding hydrogens is 490 g/mol. The van der Waals surface area contributed by atoms with Gasteiger partial charge in [0.25, 0.3) is 0 Å². The van der Waals surface area contributed by atoms with Crippen molar-refractivity contribution in [3.8, 4) is 5.75 Å². The lowest BCUT2D eigenvalue weighted by Crippen LogP contribution is -2.37. The number of benzene rings is 1. The van der Waals surface area contributed by atoms with Crippen molar-refractivity contribution >= 4 is 41.7 Å². The van der Waals surface area contributed by atoms with Crippen molar-refractivity contribution in [2.45, 2.75) is 39.4 Å². The Kier molecular flexibility index (Phi) is 13.8. The summed E-state index contributed by atoms with van der Waals surface area (Å²) in [5, 5.41) is 6.39. The average molecular weight is 519 g/mol. The van der Waals surface area contributed by atoms with Gasteiger partial charge in [0.15, 0.2) is 12.6 Å². The van der Waals surface area contributed by atoms with E-state index in [9.17, 15) is 13.2 Å². The topological polar surface area (TPSA) is 45.7 Å². The summed E-state index contributed by atoms with van der Waals surface area (Å²) in [6, 6.07) is 5.21. The zero-order chi connectivity index (χ0) is 19.4. The molecule has 0 amide bonds. The van der Waals surface area contributed by atoms with Crippen LogP contribution in [0.15, 0.2) is 23.2 Å². The smallest absolute Gasteiger partial charge is 0.422 e. The molecule has 0 saturated heterocycles. The Bertz CT molecular complexity index is 571. The minimum Gasteiger partial charge on any atom is -0.484 e. The first-order valence-corrected chi connectivity index (χ1v) is 10.0.